The highest BCUT2D eigenvalue weighted by molar-refractivity contribution is 7.99. The van der Waals surface area contributed by atoms with Gasteiger partial charge in [-0.2, -0.15) is 5.10 Å². The van der Waals surface area contributed by atoms with Crippen LogP contribution in [0.25, 0.3) is 0 Å². The molecule has 1 aromatic heterocycles. The van der Waals surface area contributed by atoms with Crippen LogP contribution in [-0.4, -0.2) is 21.2 Å². The Morgan fingerprint density at radius 1 is 1.44 bits per heavy atom. The first-order valence-electron chi connectivity index (χ1n) is 5.87. The maximum absolute atomic E-state index is 13.9. The normalized spacial score (nSPS) is 14.9. The Balaban J connectivity index is 1.80. The summed E-state index contributed by atoms with van der Waals surface area (Å²) in [5.41, 5.74) is 0.961. The number of nitrogens with one attached hydrogen (secondary N) is 2. The molecule has 1 heterocycles. The van der Waals surface area contributed by atoms with Gasteiger partial charge in [0.05, 0.1) is 4.90 Å². The van der Waals surface area contributed by atoms with Crippen LogP contribution in [0.5, 0.6) is 0 Å². The van der Waals surface area contributed by atoms with Crippen molar-refractivity contribution in [1.29, 1.82) is 0 Å². The van der Waals surface area contributed by atoms with Gasteiger partial charge in [0.15, 0.2) is 5.16 Å². The standard InChI is InChI=1S/C12H13FN4S/c13-10-3-1-2-8(6-14-9-4-5-9)11(10)18-12-15-7-16-17-12/h1-3,7,9,14H,4-6H2,(H,15,16,17). The lowest BCUT2D eigenvalue weighted by Gasteiger charge is -2.09. The third-order valence-corrected chi connectivity index (χ3v) is 3.85. The molecule has 0 atom stereocenters. The molecule has 1 aliphatic carbocycles. The van der Waals surface area contributed by atoms with Gasteiger partial charge in [0.1, 0.15) is 12.1 Å². The second-order valence-electron chi connectivity index (χ2n) is 4.28. The Hall–Kier alpha value is -1.40. The number of aromatic nitrogens is 3. The molecule has 0 bridgehead atoms. The summed E-state index contributed by atoms with van der Waals surface area (Å²) in [6.45, 7) is 0.693. The fraction of sp³-hybridized carbons (Fsp3) is 0.333. The summed E-state index contributed by atoms with van der Waals surface area (Å²) in [5, 5.41) is 10.5. The predicted molar refractivity (Wildman–Crippen MR) is 66.8 cm³/mol. The van der Waals surface area contributed by atoms with Crippen LogP contribution in [0.1, 0.15) is 18.4 Å². The van der Waals surface area contributed by atoms with Gasteiger partial charge in [0, 0.05) is 12.6 Å². The van der Waals surface area contributed by atoms with E-state index in [9.17, 15) is 4.39 Å². The smallest absolute Gasteiger partial charge is 0.188 e. The molecule has 0 spiro atoms. The van der Waals surface area contributed by atoms with Crippen molar-refractivity contribution in [3.63, 3.8) is 0 Å². The molecule has 18 heavy (non-hydrogen) atoms. The highest BCUT2D eigenvalue weighted by atomic mass is 32.2. The molecule has 0 saturated heterocycles. The number of rotatable bonds is 5. The van der Waals surface area contributed by atoms with Gasteiger partial charge in [-0.3, -0.25) is 5.10 Å². The molecular formula is C12H13FN4S. The van der Waals surface area contributed by atoms with Gasteiger partial charge in [-0.05, 0) is 36.2 Å². The summed E-state index contributed by atoms with van der Waals surface area (Å²) < 4.78 is 13.9. The minimum Gasteiger partial charge on any atom is -0.310 e. The summed E-state index contributed by atoms with van der Waals surface area (Å²) in [6, 6.07) is 5.76. The molecule has 0 aliphatic heterocycles. The number of aromatic amines is 1. The average Bonchev–Trinajstić information content (AvgIpc) is 3.06. The molecule has 0 unspecified atom stereocenters. The Morgan fingerprint density at radius 3 is 3.06 bits per heavy atom. The molecule has 0 radical (unpaired) electrons. The first kappa shape index (κ1) is 11.7. The van der Waals surface area contributed by atoms with Crippen molar-refractivity contribution in [3.8, 4) is 0 Å². The van der Waals surface area contributed by atoms with Gasteiger partial charge in [-0.25, -0.2) is 9.37 Å². The van der Waals surface area contributed by atoms with Crippen molar-refractivity contribution in [1.82, 2.24) is 20.5 Å². The molecule has 1 fully saturated rings. The SMILES string of the molecule is Fc1cccc(CNC2CC2)c1Sc1ncn[nH]1. The molecule has 2 N–H and O–H groups in total. The fourth-order valence-corrected chi connectivity index (χ4v) is 2.52. The van der Waals surface area contributed by atoms with Crippen LogP contribution in [0.3, 0.4) is 0 Å². The van der Waals surface area contributed by atoms with Gasteiger partial charge >= 0.3 is 0 Å². The highest BCUT2D eigenvalue weighted by Crippen LogP contribution is 2.31. The van der Waals surface area contributed by atoms with Crippen molar-refractivity contribution in [2.24, 2.45) is 0 Å². The molecule has 6 heteroatoms. The zero-order valence-corrected chi connectivity index (χ0v) is 10.5. The van der Waals surface area contributed by atoms with E-state index in [2.05, 4.69) is 20.5 Å². The largest absolute Gasteiger partial charge is 0.310 e. The summed E-state index contributed by atoms with van der Waals surface area (Å²) in [6.07, 6.45) is 3.87. The molecular weight excluding hydrogens is 251 g/mol. The number of benzene rings is 1. The molecule has 2 aromatic rings. The van der Waals surface area contributed by atoms with E-state index in [0.29, 0.717) is 22.6 Å². The summed E-state index contributed by atoms with van der Waals surface area (Å²) in [5.74, 6) is -0.216. The van der Waals surface area contributed by atoms with Crippen molar-refractivity contribution in [2.75, 3.05) is 0 Å². The molecule has 1 aliphatic rings. The van der Waals surface area contributed by atoms with E-state index in [1.165, 1.54) is 37.0 Å². The lowest BCUT2D eigenvalue weighted by molar-refractivity contribution is 0.588. The maximum atomic E-state index is 13.9. The van der Waals surface area contributed by atoms with Crippen molar-refractivity contribution in [2.45, 2.75) is 35.5 Å². The van der Waals surface area contributed by atoms with Crippen molar-refractivity contribution < 1.29 is 4.39 Å². The van der Waals surface area contributed by atoms with Crippen LogP contribution in [0.15, 0.2) is 34.6 Å². The minimum absolute atomic E-state index is 0.216. The lowest BCUT2D eigenvalue weighted by Crippen LogP contribution is -2.16. The topological polar surface area (TPSA) is 53.6 Å². The van der Waals surface area contributed by atoms with Crippen LogP contribution < -0.4 is 5.32 Å². The predicted octanol–water partition coefficient (Wildman–Crippen LogP) is 2.35. The molecule has 1 saturated carbocycles. The van der Waals surface area contributed by atoms with Crippen LogP contribution in [-0.2, 0) is 6.54 Å². The van der Waals surface area contributed by atoms with Crippen LogP contribution in [0.2, 0.25) is 0 Å². The van der Waals surface area contributed by atoms with Crippen LogP contribution in [0, 0.1) is 5.82 Å². The monoisotopic (exact) mass is 264 g/mol. The van der Waals surface area contributed by atoms with E-state index < -0.39 is 0 Å². The zero-order chi connectivity index (χ0) is 12.4. The van der Waals surface area contributed by atoms with E-state index in [1.807, 2.05) is 6.07 Å². The fourth-order valence-electron chi connectivity index (χ4n) is 1.69. The number of H-pyrrole nitrogens is 1. The third kappa shape index (κ3) is 2.70. The van der Waals surface area contributed by atoms with Gasteiger partial charge in [-0.1, -0.05) is 12.1 Å². The summed E-state index contributed by atoms with van der Waals surface area (Å²) >= 11 is 1.28. The second-order valence-corrected chi connectivity index (χ2v) is 5.28. The van der Waals surface area contributed by atoms with Crippen LogP contribution >= 0.6 is 11.8 Å². The zero-order valence-electron chi connectivity index (χ0n) is 9.69. The third-order valence-electron chi connectivity index (χ3n) is 2.80. The second kappa shape index (κ2) is 5.07. The molecule has 1 aromatic carbocycles. The molecule has 3 rings (SSSR count). The first-order chi connectivity index (χ1) is 8.83. The van der Waals surface area contributed by atoms with Crippen LogP contribution in [0.4, 0.5) is 4.39 Å². The number of halogens is 1. The van der Waals surface area contributed by atoms with E-state index in [-0.39, 0.29) is 5.82 Å². The Bertz CT molecular complexity index is 525. The number of hydrogen-bond donors (Lipinski definition) is 2. The minimum atomic E-state index is -0.216. The Morgan fingerprint density at radius 2 is 2.33 bits per heavy atom. The lowest BCUT2D eigenvalue weighted by atomic mass is 10.2. The van der Waals surface area contributed by atoms with Gasteiger partial charge in [0.2, 0.25) is 0 Å². The van der Waals surface area contributed by atoms with E-state index in [0.717, 1.165) is 5.56 Å². The summed E-state index contributed by atoms with van der Waals surface area (Å²) in [7, 11) is 0. The van der Waals surface area contributed by atoms with Gasteiger partial charge < -0.3 is 5.32 Å². The molecule has 0 amide bonds. The molecule has 94 valence electrons. The Labute approximate surface area is 108 Å². The average molecular weight is 264 g/mol. The van der Waals surface area contributed by atoms with E-state index >= 15 is 0 Å². The van der Waals surface area contributed by atoms with Crippen molar-refractivity contribution >= 4 is 11.8 Å². The van der Waals surface area contributed by atoms with Crippen molar-refractivity contribution in [3.05, 3.63) is 35.9 Å². The van der Waals surface area contributed by atoms with Gasteiger partial charge in [-0.15, -0.1) is 0 Å². The highest BCUT2D eigenvalue weighted by Gasteiger charge is 2.21. The number of nitrogens with zero attached hydrogens (tertiary/aromatic N) is 2. The first-order valence-corrected chi connectivity index (χ1v) is 6.68. The summed E-state index contributed by atoms with van der Waals surface area (Å²) in [4.78, 5) is 4.62. The quantitative estimate of drug-likeness (QED) is 0.870. The van der Waals surface area contributed by atoms with E-state index in [1.54, 1.807) is 6.07 Å². The van der Waals surface area contributed by atoms with Gasteiger partial charge in [0.25, 0.3) is 0 Å². The number of hydrogen-bond acceptors (Lipinski definition) is 4. The maximum Gasteiger partial charge on any atom is 0.188 e. The molecule has 4 nitrogen and oxygen atoms in total. The Kier molecular flexibility index (Phi) is 3.29. The van der Waals surface area contributed by atoms with E-state index in [4.69, 9.17) is 0 Å².